The molecule has 2 saturated heterocycles. The monoisotopic (exact) mass is 225 g/mol. The minimum atomic E-state index is 0.663. The van der Waals surface area contributed by atoms with E-state index in [1.807, 2.05) is 0 Å². The molecule has 0 spiro atoms. The second kappa shape index (κ2) is 5.48. The van der Waals surface area contributed by atoms with Crippen LogP contribution in [-0.4, -0.2) is 60.6 Å². The number of nitrogens with one attached hydrogen (secondary N) is 1. The maximum atomic E-state index is 3.58. The van der Waals surface area contributed by atoms with E-state index in [2.05, 4.69) is 35.9 Å². The molecule has 2 aliphatic heterocycles. The number of hydrogen-bond acceptors (Lipinski definition) is 3. The highest BCUT2D eigenvalue weighted by molar-refractivity contribution is 4.87. The van der Waals surface area contributed by atoms with Crippen LogP contribution in [-0.2, 0) is 0 Å². The van der Waals surface area contributed by atoms with E-state index in [0.717, 1.165) is 6.04 Å². The van der Waals surface area contributed by atoms with Crippen molar-refractivity contribution in [1.82, 2.24) is 15.1 Å². The molecule has 2 atom stereocenters. The summed E-state index contributed by atoms with van der Waals surface area (Å²) in [5.74, 6) is 0. The molecular formula is C13H27N3. The van der Waals surface area contributed by atoms with Crippen molar-refractivity contribution in [2.24, 2.45) is 0 Å². The standard InChI is InChI=1S/C13H27N3/c1-11(2)15-8-5-13(10-15)16-7-4-6-14-12(3)9-16/h11-14H,4-10H2,1-3H3. The Balaban J connectivity index is 1.87. The van der Waals surface area contributed by atoms with Crippen molar-refractivity contribution in [2.75, 3.05) is 32.7 Å². The maximum Gasteiger partial charge on any atom is 0.0236 e. The van der Waals surface area contributed by atoms with Gasteiger partial charge < -0.3 is 5.32 Å². The van der Waals surface area contributed by atoms with E-state index in [9.17, 15) is 0 Å². The maximum absolute atomic E-state index is 3.58. The van der Waals surface area contributed by atoms with Gasteiger partial charge in [0.15, 0.2) is 0 Å². The molecule has 0 aromatic heterocycles. The van der Waals surface area contributed by atoms with Crippen molar-refractivity contribution in [2.45, 2.75) is 51.7 Å². The topological polar surface area (TPSA) is 18.5 Å². The Morgan fingerprint density at radius 2 is 2.00 bits per heavy atom. The third kappa shape index (κ3) is 2.96. The first-order chi connectivity index (χ1) is 7.66. The van der Waals surface area contributed by atoms with Crippen LogP contribution in [0.4, 0.5) is 0 Å². The van der Waals surface area contributed by atoms with Crippen LogP contribution in [0.1, 0.15) is 33.6 Å². The number of nitrogens with zero attached hydrogens (tertiary/aromatic N) is 2. The smallest absolute Gasteiger partial charge is 0.0236 e. The second-order valence-electron chi connectivity index (χ2n) is 5.73. The van der Waals surface area contributed by atoms with Crippen LogP contribution in [0.5, 0.6) is 0 Å². The highest BCUT2D eigenvalue weighted by Gasteiger charge is 2.29. The fourth-order valence-corrected chi connectivity index (χ4v) is 3.01. The molecule has 2 fully saturated rings. The van der Waals surface area contributed by atoms with E-state index in [-0.39, 0.29) is 0 Å². The lowest BCUT2D eigenvalue weighted by Gasteiger charge is -2.29. The van der Waals surface area contributed by atoms with Crippen molar-refractivity contribution < 1.29 is 0 Å². The molecule has 16 heavy (non-hydrogen) atoms. The predicted molar refractivity (Wildman–Crippen MR) is 68.8 cm³/mol. The van der Waals surface area contributed by atoms with E-state index in [0.29, 0.717) is 12.1 Å². The normalized spacial score (nSPS) is 34.5. The van der Waals surface area contributed by atoms with Crippen LogP contribution in [0.15, 0.2) is 0 Å². The average molecular weight is 225 g/mol. The zero-order valence-corrected chi connectivity index (χ0v) is 11.1. The zero-order chi connectivity index (χ0) is 11.5. The van der Waals surface area contributed by atoms with Crippen LogP contribution < -0.4 is 5.32 Å². The van der Waals surface area contributed by atoms with Crippen molar-refractivity contribution in [1.29, 1.82) is 0 Å². The third-order valence-electron chi connectivity index (χ3n) is 4.06. The Hall–Kier alpha value is -0.120. The van der Waals surface area contributed by atoms with Gasteiger partial charge in [-0.25, -0.2) is 0 Å². The highest BCUT2D eigenvalue weighted by Crippen LogP contribution is 2.19. The zero-order valence-electron chi connectivity index (χ0n) is 11.1. The fraction of sp³-hybridized carbons (Fsp3) is 1.00. The first kappa shape index (κ1) is 12.3. The van der Waals surface area contributed by atoms with Gasteiger partial charge in [-0.3, -0.25) is 9.80 Å². The molecule has 1 N–H and O–H groups in total. The SMILES string of the molecule is CC1CN(C2CCN(C(C)C)C2)CCCN1. The van der Waals surface area contributed by atoms with E-state index in [1.54, 1.807) is 0 Å². The molecule has 0 saturated carbocycles. The van der Waals surface area contributed by atoms with Gasteiger partial charge in [-0.1, -0.05) is 0 Å². The van der Waals surface area contributed by atoms with Gasteiger partial charge in [-0.15, -0.1) is 0 Å². The molecule has 0 aliphatic carbocycles. The van der Waals surface area contributed by atoms with Gasteiger partial charge in [-0.05, 0) is 46.7 Å². The molecule has 0 aromatic rings. The minimum Gasteiger partial charge on any atom is -0.313 e. The van der Waals surface area contributed by atoms with Gasteiger partial charge in [0.25, 0.3) is 0 Å². The van der Waals surface area contributed by atoms with Gasteiger partial charge in [-0.2, -0.15) is 0 Å². The molecule has 2 aliphatic rings. The summed E-state index contributed by atoms with van der Waals surface area (Å²) in [5.41, 5.74) is 0. The summed E-state index contributed by atoms with van der Waals surface area (Å²) in [6, 6.07) is 2.19. The van der Waals surface area contributed by atoms with Crippen LogP contribution in [0.3, 0.4) is 0 Å². The lowest BCUT2D eigenvalue weighted by atomic mass is 10.2. The molecule has 0 radical (unpaired) electrons. The molecule has 0 aromatic carbocycles. The van der Waals surface area contributed by atoms with Gasteiger partial charge in [0.05, 0.1) is 0 Å². The molecule has 3 heteroatoms. The van der Waals surface area contributed by atoms with Crippen LogP contribution in [0.25, 0.3) is 0 Å². The summed E-state index contributed by atoms with van der Waals surface area (Å²) < 4.78 is 0. The van der Waals surface area contributed by atoms with Crippen molar-refractivity contribution in [3.63, 3.8) is 0 Å². The fourth-order valence-electron chi connectivity index (χ4n) is 3.01. The minimum absolute atomic E-state index is 0.663. The predicted octanol–water partition coefficient (Wildman–Crippen LogP) is 1.15. The Morgan fingerprint density at radius 3 is 2.69 bits per heavy atom. The molecule has 0 amide bonds. The van der Waals surface area contributed by atoms with Gasteiger partial charge in [0.1, 0.15) is 0 Å². The van der Waals surface area contributed by atoms with Crippen LogP contribution >= 0.6 is 0 Å². The van der Waals surface area contributed by atoms with Gasteiger partial charge in [0, 0.05) is 37.8 Å². The van der Waals surface area contributed by atoms with Crippen LogP contribution in [0, 0.1) is 0 Å². The average Bonchev–Trinajstić information content (AvgIpc) is 2.63. The molecular weight excluding hydrogens is 198 g/mol. The Kier molecular flexibility index (Phi) is 4.22. The van der Waals surface area contributed by atoms with Crippen molar-refractivity contribution >= 4 is 0 Å². The third-order valence-corrected chi connectivity index (χ3v) is 4.06. The first-order valence-electron chi connectivity index (χ1n) is 6.88. The first-order valence-corrected chi connectivity index (χ1v) is 6.88. The molecule has 3 nitrogen and oxygen atoms in total. The van der Waals surface area contributed by atoms with Crippen LogP contribution in [0.2, 0.25) is 0 Å². The largest absolute Gasteiger partial charge is 0.313 e. The summed E-state index contributed by atoms with van der Waals surface area (Å²) in [6.45, 7) is 13.2. The molecule has 2 unspecified atom stereocenters. The summed E-state index contributed by atoms with van der Waals surface area (Å²) in [7, 11) is 0. The van der Waals surface area contributed by atoms with Gasteiger partial charge >= 0.3 is 0 Å². The highest BCUT2D eigenvalue weighted by atomic mass is 15.3. The van der Waals surface area contributed by atoms with E-state index in [4.69, 9.17) is 0 Å². The summed E-state index contributed by atoms with van der Waals surface area (Å²) in [4.78, 5) is 5.33. The molecule has 2 rings (SSSR count). The van der Waals surface area contributed by atoms with Gasteiger partial charge in [0.2, 0.25) is 0 Å². The Morgan fingerprint density at radius 1 is 1.19 bits per heavy atom. The lowest BCUT2D eigenvalue weighted by Crippen LogP contribution is -2.43. The lowest BCUT2D eigenvalue weighted by molar-refractivity contribution is 0.182. The molecule has 94 valence electrons. The molecule has 0 bridgehead atoms. The number of rotatable bonds is 2. The molecule has 2 heterocycles. The number of hydrogen-bond donors (Lipinski definition) is 1. The van der Waals surface area contributed by atoms with Crippen molar-refractivity contribution in [3.8, 4) is 0 Å². The quantitative estimate of drug-likeness (QED) is 0.760. The summed E-state index contributed by atoms with van der Waals surface area (Å²) in [6.07, 6.45) is 2.67. The van der Waals surface area contributed by atoms with E-state index in [1.165, 1.54) is 45.6 Å². The Bertz CT molecular complexity index is 217. The van der Waals surface area contributed by atoms with E-state index >= 15 is 0 Å². The Labute approximate surface area is 100 Å². The summed E-state index contributed by atoms with van der Waals surface area (Å²) in [5, 5.41) is 3.58. The second-order valence-corrected chi connectivity index (χ2v) is 5.73. The van der Waals surface area contributed by atoms with E-state index < -0.39 is 0 Å². The van der Waals surface area contributed by atoms with Crippen molar-refractivity contribution in [3.05, 3.63) is 0 Å². The summed E-state index contributed by atoms with van der Waals surface area (Å²) >= 11 is 0. The number of likely N-dealkylation sites (tertiary alicyclic amines) is 1.